The van der Waals surface area contributed by atoms with Gasteiger partial charge in [-0.1, -0.05) is 42.5 Å². The molecule has 5 heteroatoms. The zero-order chi connectivity index (χ0) is 19.5. The highest BCUT2D eigenvalue weighted by Crippen LogP contribution is 2.27. The number of anilines is 3. The van der Waals surface area contributed by atoms with Crippen molar-refractivity contribution in [2.45, 2.75) is 13.8 Å². The van der Waals surface area contributed by atoms with Crippen molar-refractivity contribution in [2.75, 3.05) is 43.4 Å². The van der Waals surface area contributed by atoms with Gasteiger partial charge in [-0.05, 0) is 38.1 Å². The van der Waals surface area contributed by atoms with Crippen molar-refractivity contribution in [3.63, 3.8) is 0 Å². The number of rotatable bonds is 4. The van der Waals surface area contributed by atoms with Crippen LogP contribution in [0.2, 0.25) is 0 Å². The fourth-order valence-corrected chi connectivity index (χ4v) is 3.43. The van der Waals surface area contributed by atoms with Crippen LogP contribution in [0.5, 0.6) is 0 Å². The number of hydrogen-bond acceptors (Lipinski definition) is 5. The van der Waals surface area contributed by atoms with Crippen LogP contribution in [0.25, 0.3) is 11.3 Å². The highest BCUT2D eigenvalue weighted by atomic mass is 15.3. The van der Waals surface area contributed by atoms with Gasteiger partial charge in [-0.3, -0.25) is 0 Å². The molecule has 28 heavy (non-hydrogen) atoms. The Bertz CT molecular complexity index is 946. The topological polar surface area (TPSA) is 44.3 Å². The van der Waals surface area contributed by atoms with Gasteiger partial charge in [0.1, 0.15) is 5.82 Å². The summed E-state index contributed by atoms with van der Waals surface area (Å²) in [5, 5.41) is 3.52. The van der Waals surface area contributed by atoms with Gasteiger partial charge in [0.15, 0.2) is 0 Å². The van der Waals surface area contributed by atoms with Gasteiger partial charge in [0, 0.05) is 43.5 Å². The molecule has 2 aromatic carbocycles. The van der Waals surface area contributed by atoms with Gasteiger partial charge in [-0.2, -0.15) is 4.98 Å². The summed E-state index contributed by atoms with van der Waals surface area (Å²) < 4.78 is 0. The van der Waals surface area contributed by atoms with Gasteiger partial charge in [0.2, 0.25) is 5.95 Å². The van der Waals surface area contributed by atoms with E-state index in [0.717, 1.165) is 54.9 Å². The molecule has 0 atom stereocenters. The van der Waals surface area contributed by atoms with E-state index in [2.05, 4.69) is 66.3 Å². The van der Waals surface area contributed by atoms with Crippen LogP contribution >= 0.6 is 0 Å². The van der Waals surface area contributed by atoms with Crippen LogP contribution < -0.4 is 10.2 Å². The standard InChI is InChI=1S/C23H27N5/c1-17-8-7-11-20(18(17)2)24-22-16-21(19-9-5-4-6-10-19)25-23(26-22)28-14-12-27(3)13-15-28/h4-11,16H,12-15H2,1-3H3,(H,24,25,26). The maximum Gasteiger partial charge on any atom is 0.227 e. The third-order valence-corrected chi connectivity index (χ3v) is 5.44. The molecular formula is C23H27N5. The van der Waals surface area contributed by atoms with E-state index in [1.807, 2.05) is 24.3 Å². The van der Waals surface area contributed by atoms with Crippen LogP contribution in [0.3, 0.4) is 0 Å². The number of nitrogens with one attached hydrogen (secondary N) is 1. The van der Waals surface area contributed by atoms with Crippen LogP contribution in [-0.2, 0) is 0 Å². The van der Waals surface area contributed by atoms with E-state index in [4.69, 9.17) is 9.97 Å². The molecule has 0 spiro atoms. The molecule has 1 aliphatic heterocycles. The number of piperazine rings is 1. The Morgan fingerprint density at radius 1 is 0.857 bits per heavy atom. The molecule has 1 aliphatic rings. The predicted molar refractivity (Wildman–Crippen MR) is 116 cm³/mol. The second kappa shape index (κ2) is 7.98. The number of aryl methyl sites for hydroxylation is 1. The average molecular weight is 374 g/mol. The molecule has 5 nitrogen and oxygen atoms in total. The second-order valence-corrected chi connectivity index (χ2v) is 7.47. The Morgan fingerprint density at radius 2 is 1.61 bits per heavy atom. The third kappa shape index (κ3) is 3.99. The minimum Gasteiger partial charge on any atom is -0.340 e. The summed E-state index contributed by atoms with van der Waals surface area (Å²) in [4.78, 5) is 14.4. The van der Waals surface area contributed by atoms with E-state index in [1.165, 1.54) is 11.1 Å². The van der Waals surface area contributed by atoms with Gasteiger partial charge < -0.3 is 15.1 Å². The molecule has 0 radical (unpaired) electrons. The average Bonchev–Trinajstić information content (AvgIpc) is 2.72. The fourth-order valence-electron chi connectivity index (χ4n) is 3.43. The van der Waals surface area contributed by atoms with Crippen molar-refractivity contribution < 1.29 is 0 Å². The van der Waals surface area contributed by atoms with E-state index >= 15 is 0 Å². The minimum absolute atomic E-state index is 0.794. The quantitative estimate of drug-likeness (QED) is 0.740. The predicted octanol–water partition coefficient (Wildman–Crippen LogP) is 4.26. The summed E-state index contributed by atoms with van der Waals surface area (Å²) in [6, 6.07) is 18.7. The molecule has 0 aliphatic carbocycles. The maximum atomic E-state index is 4.89. The van der Waals surface area contributed by atoms with Crippen LogP contribution in [0.15, 0.2) is 54.6 Å². The minimum atomic E-state index is 0.794. The lowest BCUT2D eigenvalue weighted by atomic mass is 10.1. The molecule has 2 heterocycles. The molecule has 1 fully saturated rings. The second-order valence-electron chi connectivity index (χ2n) is 7.47. The van der Waals surface area contributed by atoms with Crippen LogP contribution in [-0.4, -0.2) is 48.1 Å². The molecule has 3 aromatic rings. The number of aromatic nitrogens is 2. The SMILES string of the molecule is Cc1cccc(Nc2cc(-c3ccccc3)nc(N3CCN(C)CC3)n2)c1C. The largest absolute Gasteiger partial charge is 0.340 e. The van der Waals surface area contributed by atoms with Crippen molar-refractivity contribution in [1.82, 2.24) is 14.9 Å². The molecule has 1 aromatic heterocycles. The number of hydrogen-bond donors (Lipinski definition) is 1. The van der Waals surface area contributed by atoms with Crippen molar-refractivity contribution in [3.8, 4) is 11.3 Å². The summed E-state index contributed by atoms with van der Waals surface area (Å²) in [7, 11) is 2.16. The van der Waals surface area contributed by atoms with E-state index in [-0.39, 0.29) is 0 Å². The highest BCUT2D eigenvalue weighted by Gasteiger charge is 2.18. The first-order valence-corrected chi connectivity index (χ1v) is 9.81. The molecule has 0 unspecified atom stereocenters. The Hall–Kier alpha value is -2.92. The lowest BCUT2D eigenvalue weighted by Crippen LogP contribution is -2.45. The summed E-state index contributed by atoms with van der Waals surface area (Å²) in [5.74, 6) is 1.62. The maximum absolute atomic E-state index is 4.89. The summed E-state index contributed by atoms with van der Waals surface area (Å²) >= 11 is 0. The molecule has 1 saturated heterocycles. The molecule has 144 valence electrons. The smallest absolute Gasteiger partial charge is 0.227 e. The Morgan fingerprint density at radius 3 is 2.36 bits per heavy atom. The van der Waals surface area contributed by atoms with Crippen LogP contribution in [0, 0.1) is 13.8 Å². The molecule has 0 bridgehead atoms. The van der Waals surface area contributed by atoms with Gasteiger partial charge in [0.05, 0.1) is 5.69 Å². The Labute approximate surface area is 167 Å². The van der Waals surface area contributed by atoms with E-state index < -0.39 is 0 Å². The lowest BCUT2D eigenvalue weighted by molar-refractivity contribution is 0.311. The fraction of sp³-hybridized carbons (Fsp3) is 0.304. The van der Waals surface area contributed by atoms with Crippen molar-refractivity contribution in [1.29, 1.82) is 0 Å². The molecule has 0 amide bonds. The van der Waals surface area contributed by atoms with Crippen LogP contribution in [0.4, 0.5) is 17.5 Å². The number of likely N-dealkylation sites (N-methyl/N-ethyl adjacent to an activating group) is 1. The van der Waals surface area contributed by atoms with Crippen LogP contribution in [0.1, 0.15) is 11.1 Å². The van der Waals surface area contributed by atoms with E-state index in [9.17, 15) is 0 Å². The first-order chi connectivity index (χ1) is 13.6. The van der Waals surface area contributed by atoms with Crippen molar-refractivity contribution in [3.05, 3.63) is 65.7 Å². The first-order valence-electron chi connectivity index (χ1n) is 9.81. The van der Waals surface area contributed by atoms with Crippen molar-refractivity contribution in [2.24, 2.45) is 0 Å². The van der Waals surface area contributed by atoms with Gasteiger partial charge in [-0.25, -0.2) is 4.98 Å². The summed E-state index contributed by atoms with van der Waals surface area (Å²) in [6.07, 6.45) is 0. The zero-order valence-corrected chi connectivity index (χ0v) is 16.8. The van der Waals surface area contributed by atoms with Crippen molar-refractivity contribution >= 4 is 17.5 Å². The monoisotopic (exact) mass is 373 g/mol. The summed E-state index contributed by atoms with van der Waals surface area (Å²) in [6.45, 7) is 8.20. The molecule has 1 N–H and O–H groups in total. The number of nitrogens with zero attached hydrogens (tertiary/aromatic N) is 4. The first kappa shape index (κ1) is 18.4. The van der Waals surface area contributed by atoms with E-state index in [0.29, 0.717) is 0 Å². The molecule has 4 rings (SSSR count). The summed E-state index contributed by atoms with van der Waals surface area (Å²) in [5.41, 5.74) is 5.63. The Kier molecular flexibility index (Phi) is 5.26. The third-order valence-electron chi connectivity index (χ3n) is 5.44. The molecule has 0 saturated carbocycles. The van der Waals surface area contributed by atoms with Gasteiger partial charge >= 0.3 is 0 Å². The zero-order valence-electron chi connectivity index (χ0n) is 16.8. The van der Waals surface area contributed by atoms with Gasteiger partial charge in [-0.15, -0.1) is 0 Å². The molecular weight excluding hydrogens is 346 g/mol. The lowest BCUT2D eigenvalue weighted by Gasteiger charge is -2.32. The highest BCUT2D eigenvalue weighted by molar-refractivity contribution is 5.69. The Balaban J connectivity index is 1.72. The van der Waals surface area contributed by atoms with E-state index in [1.54, 1.807) is 0 Å². The normalized spacial score (nSPS) is 14.9. The van der Waals surface area contributed by atoms with Gasteiger partial charge in [0.25, 0.3) is 0 Å². The number of benzene rings is 2.